The van der Waals surface area contributed by atoms with Gasteiger partial charge in [0, 0.05) is 29.7 Å². The molecule has 0 spiro atoms. The fraction of sp³-hybridized carbons (Fsp3) is 0.450. The zero-order valence-electron chi connectivity index (χ0n) is 15.9. The summed E-state index contributed by atoms with van der Waals surface area (Å²) in [5.41, 5.74) is 8.13. The number of nitrogens with zero attached hydrogens (tertiary/aromatic N) is 1. The molecule has 0 bridgehead atoms. The number of rotatable bonds is 8. The number of nitrogens with two attached hydrogens (primary N) is 1. The van der Waals surface area contributed by atoms with Crippen LogP contribution in [-0.4, -0.2) is 49.4 Å². The van der Waals surface area contributed by atoms with Crippen LogP contribution in [0.1, 0.15) is 25.3 Å². The normalized spacial score (nSPS) is 19.5. The number of benzene rings is 1. The monoisotopic (exact) mass is 390 g/mol. The Labute approximate surface area is 164 Å². The van der Waals surface area contributed by atoms with Crippen LogP contribution in [0, 0.1) is 5.92 Å². The molecule has 1 aromatic carbocycles. The maximum Gasteiger partial charge on any atom is 0.336 e. The van der Waals surface area contributed by atoms with Gasteiger partial charge in [0.1, 0.15) is 5.92 Å². The van der Waals surface area contributed by atoms with Gasteiger partial charge in [0.2, 0.25) is 0 Å². The molecular formula is C20H26N2O4S. The van der Waals surface area contributed by atoms with Crippen LogP contribution in [0.5, 0.6) is 0 Å². The molecule has 2 rings (SSSR count). The minimum atomic E-state index is -0.667. The van der Waals surface area contributed by atoms with E-state index in [0.29, 0.717) is 29.3 Å². The third-order valence-electron chi connectivity index (χ3n) is 4.33. The maximum absolute atomic E-state index is 12.9. The van der Waals surface area contributed by atoms with Crippen molar-refractivity contribution < 1.29 is 19.1 Å². The van der Waals surface area contributed by atoms with Crippen LogP contribution in [0.3, 0.4) is 0 Å². The number of ether oxygens (including phenoxy) is 2. The summed E-state index contributed by atoms with van der Waals surface area (Å²) in [5.74, 6) is -0.742. The molecule has 2 unspecified atom stereocenters. The summed E-state index contributed by atoms with van der Waals surface area (Å²) in [4.78, 5) is 30.0. The highest BCUT2D eigenvalue weighted by molar-refractivity contribution is 7.99. The van der Waals surface area contributed by atoms with Crippen molar-refractivity contribution in [2.45, 2.75) is 19.8 Å². The Bertz CT molecular complexity index is 731. The van der Waals surface area contributed by atoms with Crippen LogP contribution in [-0.2, 0) is 19.1 Å². The Balaban J connectivity index is 2.61. The topological polar surface area (TPSA) is 91.0 Å². The molecule has 1 aromatic rings. The van der Waals surface area contributed by atoms with Crippen molar-refractivity contribution >= 4 is 29.4 Å². The number of carbonyl (C=O) groups excluding carboxylic acids is 2. The molecule has 1 aliphatic rings. The van der Waals surface area contributed by atoms with Gasteiger partial charge < -0.3 is 15.2 Å². The second-order valence-electron chi connectivity index (χ2n) is 6.06. The Kier molecular flexibility index (Phi) is 8.06. The van der Waals surface area contributed by atoms with Crippen LogP contribution < -0.4 is 5.73 Å². The first-order chi connectivity index (χ1) is 13.0. The number of aliphatic imine (C=N–C) groups is 1. The van der Waals surface area contributed by atoms with E-state index in [2.05, 4.69) is 4.99 Å². The van der Waals surface area contributed by atoms with Gasteiger partial charge in [-0.25, -0.2) is 4.79 Å². The first-order valence-electron chi connectivity index (χ1n) is 8.91. The summed E-state index contributed by atoms with van der Waals surface area (Å²) in [5, 5.41) is 0. The van der Waals surface area contributed by atoms with Crippen molar-refractivity contribution in [1.82, 2.24) is 0 Å². The van der Waals surface area contributed by atoms with Crippen molar-refractivity contribution in [3.05, 3.63) is 47.2 Å². The molecule has 6 nitrogen and oxygen atoms in total. The SMILES string of the molecule is CCOC(=O)C1=C(CSCCN)N=C(C)C(C(=O)OC)C1c1ccccc1. The Morgan fingerprint density at radius 3 is 2.56 bits per heavy atom. The lowest BCUT2D eigenvalue weighted by molar-refractivity contribution is -0.144. The number of methoxy groups -OCH3 is 1. The lowest BCUT2D eigenvalue weighted by Gasteiger charge is -2.32. The molecule has 27 heavy (non-hydrogen) atoms. The van der Waals surface area contributed by atoms with Crippen LogP contribution in [0.4, 0.5) is 0 Å². The molecule has 0 radical (unpaired) electrons. The fourth-order valence-electron chi connectivity index (χ4n) is 3.20. The molecule has 7 heteroatoms. The van der Waals surface area contributed by atoms with Crippen molar-refractivity contribution in [3.8, 4) is 0 Å². The summed E-state index contributed by atoms with van der Waals surface area (Å²) in [6.45, 7) is 4.35. The molecule has 2 atom stereocenters. The van der Waals surface area contributed by atoms with Gasteiger partial charge in [-0.2, -0.15) is 11.8 Å². The summed E-state index contributed by atoms with van der Waals surface area (Å²) < 4.78 is 10.3. The van der Waals surface area contributed by atoms with E-state index in [0.717, 1.165) is 11.3 Å². The number of hydrogen-bond acceptors (Lipinski definition) is 7. The molecule has 1 aliphatic heterocycles. The van der Waals surface area contributed by atoms with E-state index < -0.39 is 23.8 Å². The zero-order chi connectivity index (χ0) is 19.8. The van der Waals surface area contributed by atoms with E-state index in [9.17, 15) is 9.59 Å². The minimum absolute atomic E-state index is 0.249. The summed E-state index contributed by atoms with van der Waals surface area (Å²) in [7, 11) is 1.35. The van der Waals surface area contributed by atoms with Gasteiger partial charge in [-0.15, -0.1) is 0 Å². The average Bonchev–Trinajstić information content (AvgIpc) is 2.68. The highest BCUT2D eigenvalue weighted by atomic mass is 32.2. The number of carbonyl (C=O) groups is 2. The lowest BCUT2D eigenvalue weighted by atomic mass is 9.75. The molecule has 0 aliphatic carbocycles. The standard InChI is InChI=1S/C20H26N2O4S/c1-4-26-20(24)18-15(12-27-11-10-21)22-13(2)16(19(23)25-3)17(18)14-8-6-5-7-9-14/h5-9,16-17H,4,10-12,21H2,1-3H3. The second kappa shape index (κ2) is 10.3. The molecule has 1 heterocycles. The highest BCUT2D eigenvalue weighted by Gasteiger charge is 2.42. The van der Waals surface area contributed by atoms with Gasteiger partial charge in [0.25, 0.3) is 0 Å². The first-order valence-corrected chi connectivity index (χ1v) is 10.1. The van der Waals surface area contributed by atoms with Crippen LogP contribution in [0.15, 0.2) is 46.6 Å². The molecular weight excluding hydrogens is 364 g/mol. The third-order valence-corrected chi connectivity index (χ3v) is 5.33. The summed E-state index contributed by atoms with van der Waals surface area (Å²) in [6, 6.07) is 9.48. The largest absolute Gasteiger partial charge is 0.468 e. The summed E-state index contributed by atoms with van der Waals surface area (Å²) in [6.07, 6.45) is 0. The van der Waals surface area contributed by atoms with E-state index in [-0.39, 0.29) is 6.61 Å². The predicted octanol–water partition coefficient (Wildman–Crippen LogP) is 2.54. The fourth-order valence-corrected chi connectivity index (χ4v) is 3.92. The molecule has 146 valence electrons. The van der Waals surface area contributed by atoms with Crippen LogP contribution in [0.2, 0.25) is 0 Å². The van der Waals surface area contributed by atoms with Crippen molar-refractivity contribution in [3.63, 3.8) is 0 Å². The zero-order valence-corrected chi connectivity index (χ0v) is 16.8. The smallest absolute Gasteiger partial charge is 0.336 e. The number of hydrogen-bond donors (Lipinski definition) is 1. The highest BCUT2D eigenvalue weighted by Crippen LogP contribution is 2.40. The van der Waals surface area contributed by atoms with Gasteiger partial charge in [-0.3, -0.25) is 9.79 Å². The second-order valence-corrected chi connectivity index (χ2v) is 7.17. The van der Waals surface area contributed by atoms with Crippen LogP contribution in [0.25, 0.3) is 0 Å². The molecule has 2 N–H and O–H groups in total. The number of esters is 2. The van der Waals surface area contributed by atoms with Gasteiger partial charge >= 0.3 is 11.9 Å². The lowest BCUT2D eigenvalue weighted by Crippen LogP contribution is -2.36. The molecule has 0 aromatic heterocycles. The molecule has 0 saturated heterocycles. The Hall–Kier alpha value is -2.12. The molecule has 0 fully saturated rings. The van der Waals surface area contributed by atoms with E-state index in [1.807, 2.05) is 30.3 Å². The van der Waals surface area contributed by atoms with E-state index in [1.54, 1.807) is 25.6 Å². The van der Waals surface area contributed by atoms with E-state index in [1.165, 1.54) is 7.11 Å². The molecule has 0 saturated carbocycles. The predicted molar refractivity (Wildman–Crippen MR) is 108 cm³/mol. The van der Waals surface area contributed by atoms with Crippen LogP contribution >= 0.6 is 11.8 Å². The van der Waals surface area contributed by atoms with Crippen molar-refractivity contribution in [2.24, 2.45) is 16.6 Å². The van der Waals surface area contributed by atoms with Gasteiger partial charge in [0.15, 0.2) is 0 Å². The van der Waals surface area contributed by atoms with Gasteiger partial charge in [0.05, 0.1) is 25.0 Å². The first kappa shape index (κ1) is 21.2. The minimum Gasteiger partial charge on any atom is -0.468 e. The van der Waals surface area contributed by atoms with Crippen molar-refractivity contribution in [2.75, 3.05) is 31.8 Å². The van der Waals surface area contributed by atoms with Gasteiger partial charge in [-0.05, 0) is 19.4 Å². The molecule has 0 amide bonds. The van der Waals surface area contributed by atoms with Crippen molar-refractivity contribution in [1.29, 1.82) is 0 Å². The van der Waals surface area contributed by atoms with E-state index >= 15 is 0 Å². The Morgan fingerprint density at radius 2 is 1.96 bits per heavy atom. The number of thioether (sulfide) groups is 1. The average molecular weight is 391 g/mol. The Morgan fingerprint density at radius 1 is 1.26 bits per heavy atom. The van der Waals surface area contributed by atoms with Gasteiger partial charge in [-0.1, -0.05) is 30.3 Å². The van der Waals surface area contributed by atoms with E-state index in [4.69, 9.17) is 15.2 Å². The summed E-state index contributed by atoms with van der Waals surface area (Å²) >= 11 is 1.60. The third kappa shape index (κ3) is 4.99. The maximum atomic E-state index is 12.9. The quantitative estimate of drug-likeness (QED) is 0.542.